The molecule has 10 aromatic carbocycles. The molecule has 2 aliphatic rings. The second-order valence-electron chi connectivity index (χ2n) is 16.3. The number of fused-ring (bicyclic) bond motifs is 13. The van der Waals surface area contributed by atoms with Crippen LogP contribution in [0, 0.1) is 0 Å². The van der Waals surface area contributed by atoms with Crippen LogP contribution in [0.1, 0.15) is 22.3 Å². The van der Waals surface area contributed by atoms with Gasteiger partial charge in [0.05, 0.1) is 5.41 Å². The van der Waals surface area contributed by atoms with Gasteiger partial charge in [0.1, 0.15) is 0 Å². The fraction of sp³-hybridized carbons (Fsp3) is 0.0172. The molecule has 0 saturated heterocycles. The predicted octanol–water partition coefficient (Wildman–Crippen LogP) is 14.3. The predicted molar refractivity (Wildman–Crippen MR) is 250 cm³/mol. The average Bonchev–Trinajstić information content (AvgIpc) is 3.81. The van der Waals surface area contributed by atoms with Gasteiger partial charge in [-0.3, -0.25) is 0 Å². The normalized spacial score (nSPS) is 13.0. The zero-order valence-corrected chi connectivity index (χ0v) is 33.0. The monoisotopic (exact) mass is 773 g/mol. The van der Waals surface area contributed by atoms with Crippen molar-refractivity contribution in [1.82, 2.24) is 15.0 Å². The molecule has 0 radical (unpaired) electrons. The molecule has 1 heterocycles. The van der Waals surface area contributed by atoms with Gasteiger partial charge in [0.2, 0.25) is 0 Å². The number of aromatic nitrogens is 3. The van der Waals surface area contributed by atoms with Crippen molar-refractivity contribution in [2.24, 2.45) is 0 Å². The van der Waals surface area contributed by atoms with Crippen molar-refractivity contribution < 1.29 is 0 Å². The molecule has 282 valence electrons. The van der Waals surface area contributed by atoms with Crippen molar-refractivity contribution in [2.45, 2.75) is 5.41 Å². The van der Waals surface area contributed by atoms with E-state index in [2.05, 4.69) is 212 Å². The van der Waals surface area contributed by atoms with E-state index >= 15 is 0 Å². The van der Waals surface area contributed by atoms with Crippen LogP contribution in [-0.2, 0) is 5.41 Å². The largest absolute Gasteiger partial charge is 0.208 e. The second kappa shape index (κ2) is 13.0. The second-order valence-corrected chi connectivity index (χ2v) is 16.3. The minimum absolute atomic E-state index is 0.465. The number of hydrogen-bond acceptors (Lipinski definition) is 3. The Labute approximate surface area is 353 Å². The summed E-state index contributed by atoms with van der Waals surface area (Å²) in [5.74, 6) is 1.93. The Morgan fingerprint density at radius 1 is 0.262 bits per heavy atom. The maximum absolute atomic E-state index is 5.29. The van der Waals surface area contributed by atoms with Crippen LogP contribution in [0.4, 0.5) is 0 Å². The Bertz CT molecular complexity index is 3460. The van der Waals surface area contributed by atoms with Gasteiger partial charge >= 0.3 is 0 Å². The van der Waals surface area contributed by atoms with E-state index in [1.165, 1.54) is 66.4 Å². The Kier molecular flexibility index (Phi) is 7.22. The highest BCUT2D eigenvalue weighted by Gasteiger charge is 2.52. The number of rotatable bonds is 4. The number of nitrogens with zero attached hydrogens (tertiary/aromatic N) is 3. The summed E-state index contributed by atoms with van der Waals surface area (Å²) in [5, 5.41) is 6.89. The van der Waals surface area contributed by atoms with Gasteiger partial charge in [0.15, 0.2) is 17.5 Å². The third-order valence-corrected chi connectivity index (χ3v) is 13.1. The fourth-order valence-corrected chi connectivity index (χ4v) is 10.5. The molecule has 1 aromatic heterocycles. The van der Waals surface area contributed by atoms with Crippen molar-refractivity contribution in [1.29, 1.82) is 0 Å². The summed E-state index contributed by atoms with van der Waals surface area (Å²) >= 11 is 0. The molecule has 2 aliphatic carbocycles. The van der Waals surface area contributed by atoms with E-state index in [0.717, 1.165) is 38.2 Å². The SMILES string of the molecule is c1ccc2c(c1)-c1ccccc1C21c2ccccc2-c2cccc(-c3ccc(-c4nc(-c5ccc6ccccc6c5)nc(-c5ccc6ccccc6c5)n4)c4ccccc34)c21. The van der Waals surface area contributed by atoms with E-state index in [1.807, 2.05) is 0 Å². The van der Waals surface area contributed by atoms with Crippen molar-refractivity contribution in [3.8, 4) is 67.5 Å². The summed E-state index contributed by atoms with van der Waals surface area (Å²) < 4.78 is 0. The first-order valence-electron chi connectivity index (χ1n) is 20.9. The molecule has 1 spiro atoms. The van der Waals surface area contributed by atoms with Crippen LogP contribution in [0.15, 0.2) is 212 Å². The molecule has 0 N–H and O–H groups in total. The minimum atomic E-state index is -0.465. The van der Waals surface area contributed by atoms with Gasteiger partial charge in [-0.2, -0.15) is 0 Å². The molecule has 3 nitrogen and oxygen atoms in total. The first-order valence-corrected chi connectivity index (χ1v) is 20.9. The topological polar surface area (TPSA) is 38.7 Å². The summed E-state index contributed by atoms with van der Waals surface area (Å²) in [4.78, 5) is 15.8. The molecular weight excluding hydrogens is 739 g/mol. The first kappa shape index (κ1) is 33.9. The smallest absolute Gasteiger partial charge is 0.164 e. The van der Waals surface area contributed by atoms with Gasteiger partial charge in [0.25, 0.3) is 0 Å². The van der Waals surface area contributed by atoms with Crippen molar-refractivity contribution in [3.63, 3.8) is 0 Å². The standard InChI is InChI=1S/C58H35N3/c1-3-16-38-34-40(30-28-36(38)14-1)55-59-56(41-31-29-37-15-2-4-17-39(37)35-41)61-57(60-55)50-33-32-44(42-18-5-6-19-43(42)50)48-23-13-24-49-47-22-9-12-27-53(47)58(54(48)49)51-25-10-7-20-45(51)46-21-8-11-26-52(46)58/h1-35H. The van der Waals surface area contributed by atoms with Gasteiger partial charge in [-0.1, -0.05) is 194 Å². The first-order chi connectivity index (χ1) is 30.2. The number of hydrogen-bond donors (Lipinski definition) is 0. The van der Waals surface area contributed by atoms with Gasteiger partial charge < -0.3 is 0 Å². The minimum Gasteiger partial charge on any atom is -0.208 e. The maximum Gasteiger partial charge on any atom is 0.164 e. The molecule has 0 fully saturated rings. The molecule has 0 amide bonds. The van der Waals surface area contributed by atoms with E-state index in [0.29, 0.717) is 17.5 Å². The van der Waals surface area contributed by atoms with Crippen LogP contribution in [0.2, 0.25) is 0 Å². The Morgan fingerprint density at radius 3 is 1.21 bits per heavy atom. The molecule has 3 heteroatoms. The lowest BCUT2D eigenvalue weighted by atomic mass is 9.68. The molecule has 0 bridgehead atoms. The molecule has 0 saturated carbocycles. The van der Waals surface area contributed by atoms with Crippen LogP contribution in [0.5, 0.6) is 0 Å². The highest BCUT2D eigenvalue weighted by atomic mass is 15.0. The Morgan fingerprint density at radius 2 is 0.656 bits per heavy atom. The van der Waals surface area contributed by atoms with E-state index in [4.69, 9.17) is 15.0 Å². The van der Waals surface area contributed by atoms with Gasteiger partial charge in [-0.15, -0.1) is 0 Å². The third kappa shape index (κ3) is 4.89. The summed E-state index contributed by atoms with van der Waals surface area (Å²) in [7, 11) is 0. The van der Waals surface area contributed by atoms with E-state index in [9.17, 15) is 0 Å². The van der Waals surface area contributed by atoms with Gasteiger partial charge in [-0.25, -0.2) is 15.0 Å². The Hall–Kier alpha value is -8.01. The molecular formula is C58H35N3. The summed E-state index contributed by atoms with van der Waals surface area (Å²) in [6.07, 6.45) is 0. The summed E-state index contributed by atoms with van der Waals surface area (Å²) in [5.41, 5.74) is 15.3. The summed E-state index contributed by atoms with van der Waals surface area (Å²) in [6, 6.07) is 77.0. The lowest BCUT2D eigenvalue weighted by molar-refractivity contribution is 0.796. The zero-order valence-electron chi connectivity index (χ0n) is 33.0. The average molecular weight is 774 g/mol. The zero-order chi connectivity index (χ0) is 40.1. The van der Waals surface area contributed by atoms with E-state index < -0.39 is 5.41 Å². The van der Waals surface area contributed by atoms with Gasteiger partial charge in [0, 0.05) is 16.7 Å². The van der Waals surface area contributed by atoms with Crippen molar-refractivity contribution in [3.05, 3.63) is 235 Å². The molecule has 0 aliphatic heterocycles. The highest BCUT2D eigenvalue weighted by Crippen LogP contribution is 2.64. The van der Waals surface area contributed by atoms with Crippen LogP contribution >= 0.6 is 0 Å². The molecule has 13 rings (SSSR count). The van der Waals surface area contributed by atoms with Gasteiger partial charge in [-0.05, 0) is 106 Å². The van der Waals surface area contributed by atoms with Crippen LogP contribution < -0.4 is 0 Å². The molecule has 0 atom stereocenters. The van der Waals surface area contributed by atoms with Crippen LogP contribution in [-0.4, -0.2) is 15.0 Å². The summed E-state index contributed by atoms with van der Waals surface area (Å²) in [6.45, 7) is 0. The Balaban J connectivity index is 1.05. The lowest BCUT2D eigenvalue weighted by Crippen LogP contribution is -2.26. The lowest BCUT2D eigenvalue weighted by Gasteiger charge is -2.32. The van der Waals surface area contributed by atoms with Crippen LogP contribution in [0.25, 0.3) is 99.9 Å². The van der Waals surface area contributed by atoms with E-state index in [1.54, 1.807) is 0 Å². The molecule has 61 heavy (non-hydrogen) atoms. The number of benzene rings is 10. The van der Waals surface area contributed by atoms with E-state index in [-0.39, 0.29) is 0 Å². The maximum atomic E-state index is 5.29. The van der Waals surface area contributed by atoms with Crippen LogP contribution in [0.3, 0.4) is 0 Å². The third-order valence-electron chi connectivity index (χ3n) is 13.1. The molecule has 0 unspecified atom stereocenters. The highest BCUT2D eigenvalue weighted by molar-refractivity contribution is 6.07. The quantitative estimate of drug-likeness (QED) is 0.179. The fourth-order valence-electron chi connectivity index (χ4n) is 10.5. The van der Waals surface area contributed by atoms with Crippen molar-refractivity contribution >= 4 is 32.3 Å². The van der Waals surface area contributed by atoms with Crippen molar-refractivity contribution in [2.75, 3.05) is 0 Å². The molecule has 11 aromatic rings.